The molecule has 0 fully saturated rings. The van der Waals surface area contributed by atoms with Gasteiger partial charge in [0.05, 0.1) is 24.8 Å². The molecule has 1 aliphatic rings. The summed E-state index contributed by atoms with van der Waals surface area (Å²) in [5, 5.41) is 2.86. The molecule has 2 rings (SSSR count). The molecular formula is C16H25ClN2O4. The Balaban J connectivity index is 0.00000264. The summed E-state index contributed by atoms with van der Waals surface area (Å²) in [7, 11) is 1.54. The number of ether oxygens (including phenoxy) is 3. The topological polar surface area (TPSA) is 82.8 Å². The van der Waals surface area contributed by atoms with Crippen molar-refractivity contribution < 1.29 is 19.0 Å². The third kappa shape index (κ3) is 4.99. The molecule has 2 atom stereocenters. The molecule has 130 valence electrons. The minimum atomic E-state index is -0.291. The van der Waals surface area contributed by atoms with Gasteiger partial charge in [0.1, 0.15) is 17.6 Å². The Kier molecular flexibility index (Phi) is 7.61. The van der Waals surface area contributed by atoms with E-state index in [0.29, 0.717) is 24.6 Å². The smallest absolute Gasteiger partial charge is 0.227 e. The summed E-state index contributed by atoms with van der Waals surface area (Å²) >= 11 is 0. The lowest BCUT2D eigenvalue weighted by Gasteiger charge is -2.16. The van der Waals surface area contributed by atoms with Crippen molar-refractivity contribution in [1.29, 1.82) is 0 Å². The highest BCUT2D eigenvalue weighted by molar-refractivity contribution is 5.93. The average Bonchev–Trinajstić information content (AvgIpc) is 2.84. The molecule has 1 heterocycles. The summed E-state index contributed by atoms with van der Waals surface area (Å²) in [6, 6.07) is 3.76. The number of hydrogen-bond acceptors (Lipinski definition) is 5. The summed E-state index contributed by atoms with van der Waals surface area (Å²) in [4.78, 5) is 12.1. The normalized spacial score (nSPS) is 16.8. The lowest BCUT2D eigenvalue weighted by molar-refractivity contribution is -0.118. The third-order valence-electron chi connectivity index (χ3n) is 3.58. The SMILES string of the molecule is CCOc1cc2c(cc1NC(=O)CC(CN)OC)OC(C)C2.Cl. The van der Waals surface area contributed by atoms with Crippen molar-refractivity contribution in [2.45, 2.75) is 38.9 Å². The zero-order valence-electron chi connectivity index (χ0n) is 13.8. The van der Waals surface area contributed by atoms with Crippen LogP contribution in [0, 0.1) is 0 Å². The second-order valence-corrected chi connectivity index (χ2v) is 5.37. The van der Waals surface area contributed by atoms with E-state index in [-0.39, 0.29) is 36.9 Å². The van der Waals surface area contributed by atoms with E-state index in [9.17, 15) is 4.79 Å². The molecule has 0 bridgehead atoms. The number of anilines is 1. The van der Waals surface area contributed by atoms with Crippen LogP contribution in [0.25, 0.3) is 0 Å². The van der Waals surface area contributed by atoms with Crippen molar-refractivity contribution in [3.8, 4) is 11.5 Å². The number of methoxy groups -OCH3 is 1. The predicted molar refractivity (Wildman–Crippen MR) is 91.8 cm³/mol. The van der Waals surface area contributed by atoms with Crippen LogP contribution in [0.5, 0.6) is 11.5 Å². The molecular weight excluding hydrogens is 320 g/mol. The van der Waals surface area contributed by atoms with Gasteiger partial charge in [0.2, 0.25) is 5.91 Å². The van der Waals surface area contributed by atoms with Gasteiger partial charge in [0, 0.05) is 31.7 Å². The molecule has 1 aromatic rings. The number of benzene rings is 1. The molecule has 6 nitrogen and oxygen atoms in total. The molecule has 0 radical (unpaired) electrons. The van der Waals surface area contributed by atoms with E-state index >= 15 is 0 Å². The number of carbonyl (C=O) groups is 1. The van der Waals surface area contributed by atoms with Crippen LogP contribution in [0.1, 0.15) is 25.8 Å². The van der Waals surface area contributed by atoms with Gasteiger partial charge in [-0.3, -0.25) is 4.79 Å². The van der Waals surface area contributed by atoms with Crippen LogP contribution < -0.4 is 20.5 Å². The highest BCUT2D eigenvalue weighted by Crippen LogP contribution is 2.38. The fourth-order valence-corrected chi connectivity index (χ4v) is 2.48. The summed E-state index contributed by atoms with van der Waals surface area (Å²) in [6.45, 7) is 4.75. The zero-order chi connectivity index (χ0) is 16.1. The molecule has 0 saturated heterocycles. The molecule has 0 aromatic heterocycles. The summed E-state index contributed by atoms with van der Waals surface area (Å²) in [5.74, 6) is 1.30. The average molecular weight is 345 g/mol. The number of carbonyl (C=O) groups excluding carboxylic acids is 1. The van der Waals surface area contributed by atoms with Crippen molar-refractivity contribution in [2.24, 2.45) is 5.73 Å². The second-order valence-electron chi connectivity index (χ2n) is 5.37. The van der Waals surface area contributed by atoms with Gasteiger partial charge in [-0.1, -0.05) is 0 Å². The Hall–Kier alpha value is -1.50. The van der Waals surface area contributed by atoms with Gasteiger partial charge < -0.3 is 25.3 Å². The van der Waals surface area contributed by atoms with E-state index in [2.05, 4.69) is 5.32 Å². The van der Waals surface area contributed by atoms with Gasteiger partial charge in [-0.15, -0.1) is 12.4 Å². The van der Waals surface area contributed by atoms with Crippen LogP contribution in [0.4, 0.5) is 5.69 Å². The van der Waals surface area contributed by atoms with E-state index in [4.69, 9.17) is 19.9 Å². The maximum Gasteiger partial charge on any atom is 0.227 e. The van der Waals surface area contributed by atoms with E-state index in [1.54, 1.807) is 7.11 Å². The monoisotopic (exact) mass is 344 g/mol. The number of halogens is 1. The zero-order valence-corrected chi connectivity index (χ0v) is 14.6. The predicted octanol–water partition coefficient (Wildman–Crippen LogP) is 2.13. The molecule has 0 aliphatic carbocycles. The molecule has 2 unspecified atom stereocenters. The lowest BCUT2D eigenvalue weighted by atomic mass is 10.1. The molecule has 3 N–H and O–H groups in total. The highest BCUT2D eigenvalue weighted by atomic mass is 35.5. The van der Waals surface area contributed by atoms with Crippen LogP contribution in [-0.4, -0.2) is 38.4 Å². The number of amides is 1. The van der Waals surface area contributed by atoms with Gasteiger partial charge >= 0.3 is 0 Å². The maximum absolute atomic E-state index is 12.1. The summed E-state index contributed by atoms with van der Waals surface area (Å²) in [6.07, 6.45) is 0.905. The first kappa shape index (κ1) is 19.5. The fraction of sp³-hybridized carbons (Fsp3) is 0.562. The molecule has 7 heteroatoms. The Morgan fingerprint density at radius 1 is 1.52 bits per heavy atom. The Morgan fingerprint density at radius 2 is 2.26 bits per heavy atom. The number of rotatable bonds is 7. The van der Waals surface area contributed by atoms with Gasteiger partial charge in [-0.05, 0) is 19.9 Å². The highest BCUT2D eigenvalue weighted by Gasteiger charge is 2.23. The Morgan fingerprint density at radius 3 is 2.87 bits per heavy atom. The lowest BCUT2D eigenvalue weighted by Crippen LogP contribution is -2.28. The minimum absolute atomic E-state index is 0. The van der Waals surface area contributed by atoms with E-state index in [1.165, 1.54) is 0 Å². The van der Waals surface area contributed by atoms with Crippen molar-refractivity contribution in [3.05, 3.63) is 17.7 Å². The minimum Gasteiger partial charge on any atom is -0.492 e. The standard InChI is InChI=1S/C16H24N2O4.ClH/c1-4-21-15-6-11-5-10(2)22-14(11)8-13(15)18-16(19)7-12(9-17)20-3;/h6,8,10,12H,4-5,7,9,17H2,1-3H3,(H,18,19);1H. The first-order valence-corrected chi connectivity index (χ1v) is 7.56. The maximum atomic E-state index is 12.1. The third-order valence-corrected chi connectivity index (χ3v) is 3.58. The Labute approximate surface area is 143 Å². The molecule has 0 spiro atoms. The summed E-state index contributed by atoms with van der Waals surface area (Å²) in [5.41, 5.74) is 7.26. The quantitative estimate of drug-likeness (QED) is 0.791. The molecule has 1 aromatic carbocycles. The van der Waals surface area contributed by atoms with Crippen molar-refractivity contribution in [1.82, 2.24) is 0 Å². The van der Waals surface area contributed by atoms with Crippen molar-refractivity contribution in [3.63, 3.8) is 0 Å². The molecule has 1 aliphatic heterocycles. The first-order chi connectivity index (χ1) is 10.6. The van der Waals surface area contributed by atoms with Gasteiger partial charge in [0.15, 0.2) is 0 Å². The van der Waals surface area contributed by atoms with Gasteiger partial charge in [-0.2, -0.15) is 0 Å². The second kappa shape index (κ2) is 8.96. The number of nitrogens with two attached hydrogens (primary N) is 1. The Bertz CT molecular complexity index is 535. The fourth-order valence-electron chi connectivity index (χ4n) is 2.48. The number of hydrogen-bond donors (Lipinski definition) is 2. The molecule has 0 saturated carbocycles. The van der Waals surface area contributed by atoms with Gasteiger partial charge in [-0.25, -0.2) is 0 Å². The van der Waals surface area contributed by atoms with Crippen molar-refractivity contribution in [2.75, 3.05) is 25.6 Å². The summed E-state index contributed by atoms with van der Waals surface area (Å²) < 4.78 is 16.5. The van der Waals surface area contributed by atoms with E-state index in [0.717, 1.165) is 17.7 Å². The van der Waals surface area contributed by atoms with Crippen LogP contribution >= 0.6 is 12.4 Å². The molecule has 23 heavy (non-hydrogen) atoms. The molecule has 1 amide bonds. The van der Waals surface area contributed by atoms with Crippen LogP contribution in [-0.2, 0) is 16.0 Å². The van der Waals surface area contributed by atoms with Crippen LogP contribution in [0.2, 0.25) is 0 Å². The van der Waals surface area contributed by atoms with E-state index < -0.39 is 0 Å². The number of fused-ring (bicyclic) bond motifs is 1. The van der Waals surface area contributed by atoms with Crippen LogP contribution in [0.3, 0.4) is 0 Å². The van der Waals surface area contributed by atoms with Gasteiger partial charge in [0.25, 0.3) is 0 Å². The van der Waals surface area contributed by atoms with E-state index in [1.807, 2.05) is 26.0 Å². The first-order valence-electron chi connectivity index (χ1n) is 7.56. The largest absolute Gasteiger partial charge is 0.492 e. The van der Waals surface area contributed by atoms with Crippen LogP contribution in [0.15, 0.2) is 12.1 Å². The number of nitrogens with one attached hydrogen (secondary N) is 1. The van der Waals surface area contributed by atoms with Crippen molar-refractivity contribution >= 4 is 24.0 Å².